The molecule has 2 aliphatic rings. The fourth-order valence-electron chi connectivity index (χ4n) is 2.96. The van der Waals surface area contributed by atoms with Crippen molar-refractivity contribution in [2.75, 3.05) is 6.54 Å². The van der Waals surface area contributed by atoms with E-state index in [1.165, 1.54) is 12.8 Å². The van der Waals surface area contributed by atoms with Gasteiger partial charge in [0.1, 0.15) is 11.5 Å². The number of nitrogens with one attached hydrogen (secondary N) is 1. The smallest absolute Gasteiger partial charge is 0.271 e. The predicted octanol–water partition coefficient (Wildman–Crippen LogP) is 1.72. The summed E-state index contributed by atoms with van der Waals surface area (Å²) in [5.41, 5.74) is 0.437. The highest BCUT2D eigenvalue weighted by molar-refractivity contribution is 5.92. The zero-order valence-corrected chi connectivity index (χ0v) is 13.5. The molecule has 0 bridgehead atoms. The van der Waals surface area contributed by atoms with Crippen molar-refractivity contribution in [3.8, 4) is 0 Å². The van der Waals surface area contributed by atoms with Crippen molar-refractivity contribution in [3.05, 3.63) is 17.7 Å². The Morgan fingerprint density at radius 3 is 2.73 bits per heavy atom. The summed E-state index contributed by atoms with van der Waals surface area (Å²) in [6.45, 7) is 7.25. The van der Waals surface area contributed by atoms with Crippen molar-refractivity contribution in [3.63, 3.8) is 0 Å². The SMILES string of the molecule is CC(C)NC(=O)c1cn2c(n1)[C@H](C)N(C(=O)CC1CC1)CC2. The molecular weight excluding hydrogens is 280 g/mol. The molecule has 1 aromatic heterocycles. The van der Waals surface area contributed by atoms with Crippen LogP contribution in [-0.2, 0) is 11.3 Å². The van der Waals surface area contributed by atoms with Crippen LogP contribution >= 0.6 is 0 Å². The zero-order valence-electron chi connectivity index (χ0n) is 13.5. The Bertz CT molecular complexity index is 589. The van der Waals surface area contributed by atoms with E-state index in [9.17, 15) is 9.59 Å². The molecule has 0 aromatic carbocycles. The Balaban J connectivity index is 1.74. The highest BCUT2D eigenvalue weighted by atomic mass is 16.2. The number of carbonyl (C=O) groups excluding carboxylic acids is 2. The monoisotopic (exact) mass is 304 g/mol. The van der Waals surface area contributed by atoms with Crippen molar-refractivity contribution in [2.45, 2.75) is 58.7 Å². The van der Waals surface area contributed by atoms with Crippen molar-refractivity contribution in [1.82, 2.24) is 19.8 Å². The maximum atomic E-state index is 12.4. The Morgan fingerprint density at radius 2 is 2.09 bits per heavy atom. The largest absolute Gasteiger partial charge is 0.348 e. The fourth-order valence-corrected chi connectivity index (χ4v) is 2.96. The Hall–Kier alpha value is -1.85. The summed E-state index contributed by atoms with van der Waals surface area (Å²) in [6, 6.07) is 0.0147. The second-order valence-electron chi connectivity index (χ2n) is 6.72. The summed E-state index contributed by atoms with van der Waals surface area (Å²) in [4.78, 5) is 30.8. The van der Waals surface area contributed by atoms with E-state index in [4.69, 9.17) is 0 Å². The second kappa shape index (κ2) is 5.74. The van der Waals surface area contributed by atoms with Gasteiger partial charge in [0.25, 0.3) is 5.91 Å². The second-order valence-corrected chi connectivity index (χ2v) is 6.72. The quantitative estimate of drug-likeness (QED) is 0.921. The number of aromatic nitrogens is 2. The molecule has 22 heavy (non-hydrogen) atoms. The first kappa shape index (κ1) is 15.1. The standard InChI is InChI=1S/C16H24N4O2/c1-10(2)17-16(22)13-9-19-6-7-20(11(3)15(19)18-13)14(21)8-12-4-5-12/h9-12H,4-8H2,1-3H3,(H,17,22)/t11-/m0/s1. The molecule has 1 aromatic rings. The molecule has 0 spiro atoms. The van der Waals surface area contributed by atoms with Crippen molar-refractivity contribution >= 4 is 11.8 Å². The first-order chi connectivity index (χ1) is 10.5. The van der Waals surface area contributed by atoms with Crippen LogP contribution < -0.4 is 5.32 Å². The number of hydrogen-bond donors (Lipinski definition) is 1. The minimum atomic E-state index is -0.153. The highest BCUT2D eigenvalue weighted by Gasteiger charge is 2.33. The summed E-state index contributed by atoms with van der Waals surface area (Å²) in [6.07, 6.45) is 4.82. The van der Waals surface area contributed by atoms with Gasteiger partial charge in [-0.05, 0) is 39.5 Å². The summed E-state index contributed by atoms with van der Waals surface area (Å²) in [7, 11) is 0. The minimum absolute atomic E-state index is 0.0689. The lowest BCUT2D eigenvalue weighted by Crippen LogP contribution is -2.41. The molecule has 1 N–H and O–H groups in total. The average Bonchev–Trinajstić information content (AvgIpc) is 3.13. The van der Waals surface area contributed by atoms with Gasteiger partial charge in [0.2, 0.25) is 5.91 Å². The molecule has 1 atom stereocenters. The van der Waals surface area contributed by atoms with Gasteiger partial charge in [-0.25, -0.2) is 4.98 Å². The molecule has 2 amide bonds. The lowest BCUT2D eigenvalue weighted by molar-refractivity contribution is -0.134. The van der Waals surface area contributed by atoms with Crippen LogP contribution in [0.25, 0.3) is 0 Å². The number of fused-ring (bicyclic) bond motifs is 1. The fraction of sp³-hybridized carbons (Fsp3) is 0.688. The van der Waals surface area contributed by atoms with Gasteiger partial charge in [0, 0.05) is 31.7 Å². The van der Waals surface area contributed by atoms with Crippen molar-refractivity contribution in [1.29, 1.82) is 0 Å². The van der Waals surface area contributed by atoms with E-state index in [1.54, 1.807) is 6.20 Å². The summed E-state index contributed by atoms with van der Waals surface area (Å²) < 4.78 is 2.00. The van der Waals surface area contributed by atoms with Gasteiger partial charge in [-0.15, -0.1) is 0 Å². The third kappa shape index (κ3) is 3.00. The zero-order chi connectivity index (χ0) is 15.9. The van der Waals surface area contributed by atoms with E-state index in [0.717, 1.165) is 5.82 Å². The van der Waals surface area contributed by atoms with E-state index in [0.29, 0.717) is 31.1 Å². The van der Waals surface area contributed by atoms with Crippen LogP contribution in [0, 0.1) is 5.92 Å². The Morgan fingerprint density at radius 1 is 1.36 bits per heavy atom. The van der Waals surface area contributed by atoms with E-state index >= 15 is 0 Å². The van der Waals surface area contributed by atoms with Gasteiger partial charge in [-0.1, -0.05) is 0 Å². The van der Waals surface area contributed by atoms with E-state index in [2.05, 4.69) is 10.3 Å². The minimum Gasteiger partial charge on any atom is -0.348 e. The van der Waals surface area contributed by atoms with E-state index < -0.39 is 0 Å². The maximum Gasteiger partial charge on any atom is 0.271 e. The van der Waals surface area contributed by atoms with Gasteiger partial charge in [0.05, 0.1) is 6.04 Å². The van der Waals surface area contributed by atoms with Crippen LogP contribution in [0.1, 0.15) is 62.4 Å². The molecule has 2 heterocycles. The Labute approximate surface area is 130 Å². The summed E-state index contributed by atoms with van der Waals surface area (Å²) in [5, 5.41) is 2.86. The predicted molar refractivity (Wildman–Crippen MR) is 82.3 cm³/mol. The molecule has 0 unspecified atom stereocenters. The molecular formula is C16H24N4O2. The van der Waals surface area contributed by atoms with Crippen LogP contribution in [0.4, 0.5) is 0 Å². The summed E-state index contributed by atoms with van der Waals surface area (Å²) in [5.74, 6) is 1.47. The molecule has 1 aliphatic carbocycles. The number of rotatable bonds is 4. The average molecular weight is 304 g/mol. The molecule has 0 radical (unpaired) electrons. The lowest BCUT2D eigenvalue weighted by Gasteiger charge is -2.33. The van der Waals surface area contributed by atoms with Crippen LogP contribution in [0.5, 0.6) is 0 Å². The number of carbonyl (C=O) groups is 2. The molecule has 120 valence electrons. The highest BCUT2D eigenvalue weighted by Crippen LogP contribution is 2.34. The van der Waals surface area contributed by atoms with Gasteiger partial charge in [-0.3, -0.25) is 9.59 Å². The molecule has 6 nitrogen and oxygen atoms in total. The van der Waals surface area contributed by atoms with Crippen LogP contribution in [-0.4, -0.2) is 38.9 Å². The molecule has 3 rings (SSSR count). The first-order valence-corrected chi connectivity index (χ1v) is 8.13. The Kier molecular flexibility index (Phi) is 3.93. The normalized spacial score (nSPS) is 20.9. The third-order valence-corrected chi connectivity index (χ3v) is 4.36. The number of hydrogen-bond acceptors (Lipinski definition) is 3. The number of imidazole rings is 1. The van der Waals surface area contributed by atoms with E-state index in [1.807, 2.05) is 30.2 Å². The molecule has 1 fully saturated rings. The van der Waals surface area contributed by atoms with Gasteiger partial charge < -0.3 is 14.8 Å². The number of nitrogens with zero attached hydrogens (tertiary/aromatic N) is 3. The van der Waals surface area contributed by atoms with Gasteiger partial charge >= 0.3 is 0 Å². The van der Waals surface area contributed by atoms with Crippen LogP contribution in [0.2, 0.25) is 0 Å². The van der Waals surface area contributed by atoms with Gasteiger partial charge in [-0.2, -0.15) is 0 Å². The number of amides is 2. The van der Waals surface area contributed by atoms with Crippen molar-refractivity contribution in [2.24, 2.45) is 5.92 Å². The lowest BCUT2D eigenvalue weighted by atomic mass is 10.1. The first-order valence-electron chi connectivity index (χ1n) is 8.13. The van der Waals surface area contributed by atoms with Crippen LogP contribution in [0.3, 0.4) is 0 Å². The van der Waals surface area contributed by atoms with Crippen molar-refractivity contribution < 1.29 is 9.59 Å². The third-order valence-electron chi connectivity index (χ3n) is 4.36. The molecule has 6 heteroatoms. The van der Waals surface area contributed by atoms with Gasteiger partial charge in [0.15, 0.2) is 0 Å². The summed E-state index contributed by atoms with van der Waals surface area (Å²) >= 11 is 0. The topological polar surface area (TPSA) is 67.2 Å². The molecule has 1 aliphatic heterocycles. The maximum absolute atomic E-state index is 12.4. The molecule has 1 saturated carbocycles. The van der Waals surface area contributed by atoms with Crippen LogP contribution in [0.15, 0.2) is 6.20 Å². The van der Waals surface area contributed by atoms with E-state index in [-0.39, 0.29) is 23.9 Å². The molecule has 0 saturated heterocycles.